The number of aromatic nitrogens is 1. The molecule has 9 heteroatoms. The lowest BCUT2D eigenvalue weighted by Crippen LogP contribution is -2.27. The Balaban J connectivity index is 2.35. The average molecular weight is 394 g/mol. The molecule has 0 saturated heterocycles. The first-order chi connectivity index (χ1) is 9.71. The van der Waals surface area contributed by atoms with Crippen molar-refractivity contribution in [3.05, 3.63) is 38.5 Å². The summed E-state index contributed by atoms with van der Waals surface area (Å²) in [5, 5.41) is 2.61. The highest BCUT2D eigenvalue weighted by molar-refractivity contribution is 9.10. The second-order valence-electron chi connectivity index (χ2n) is 4.42. The van der Waals surface area contributed by atoms with E-state index >= 15 is 0 Å². The van der Waals surface area contributed by atoms with Gasteiger partial charge in [0.25, 0.3) is 0 Å². The Morgan fingerprint density at radius 3 is 2.71 bits per heavy atom. The highest BCUT2D eigenvalue weighted by Gasteiger charge is 2.26. The third kappa shape index (κ3) is 3.42. The van der Waals surface area contributed by atoms with E-state index in [1.165, 1.54) is 18.4 Å². The number of nitrogens with zero attached hydrogens (tertiary/aromatic N) is 2. The van der Waals surface area contributed by atoms with Crippen LogP contribution < -0.4 is 5.73 Å². The van der Waals surface area contributed by atoms with E-state index in [9.17, 15) is 12.8 Å². The van der Waals surface area contributed by atoms with Crippen LogP contribution in [-0.2, 0) is 16.6 Å². The molecule has 0 atom stereocenters. The van der Waals surface area contributed by atoms with E-state index in [1.54, 1.807) is 5.38 Å². The molecule has 0 aliphatic heterocycles. The van der Waals surface area contributed by atoms with E-state index in [4.69, 9.17) is 5.73 Å². The van der Waals surface area contributed by atoms with Crippen molar-refractivity contribution in [1.29, 1.82) is 0 Å². The van der Waals surface area contributed by atoms with Gasteiger partial charge in [-0.2, -0.15) is 4.31 Å². The second kappa shape index (κ2) is 5.99. The van der Waals surface area contributed by atoms with Gasteiger partial charge in [-0.25, -0.2) is 17.8 Å². The maximum atomic E-state index is 13.9. The monoisotopic (exact) mass is 393 g/mol. The van der Waals surface area contributed by atoms with Crippen LogP contribution in [0, 0.1) is 12.7 Å². The zero-order chi connectivity index (χ0) is 15.8. The molecule has 0 spiro atoms. The van der Waals surface area contributed by atoms with Gasteiger partial charge in [-0.3, -0.25) is 0 Å². The molecule has 0 saturated carbocycles. The van der Waals surface area contributed by atoms with Crippen LogP contribution in [0.15, 0.2) is 26.9 Å². The van der Waals surface area contributed by atoms with Crippen LogP contribution >= 0.6 is 27.3 Å². The van der Waals surface area contributed by atoms with Gasteiger partial charge in [0.2, 0.25) is 10.0 Å². The van der Waals surface area contributed by atoms with Crippen molar-refractivity contribution in [3.63, 3.8) is 0 Å². The molecule has 1 aromatic carbocycles. The first-order valence-electron chi connectivity index (χ1n) is 5.83. The molecule has 0 aliphatic rings. The van der Waals surface area contributed by atoms with Crippen molar-refractivity contribution in [2.45, 2.75) is 18.4 Å². The molecular weight excluding hydrogens is 381 g/mol. The minimum Gasteiger partial charge on any atom is -0.398 e. The van der Waals surface area contributed by atoms with Crippen LogP contribution in [0.3, 0.4) is 0 Å². The maximum absolute atomic E-state index is 13.9. The number of hydrogen-bond donors (Lipinski definition) is 1. The first-order valence-corrected chi connectivity index (χ1v) is 8.95. The van der Waals surface area contributed by atoms with E-state index in [0.717, 1.165) is 21.4 Å². The average Bonchev–Trinajstić information content (AvgIpc) is 2.79. The molecule has 1 heterocycles. The zero-order valence-electron chi connectivity index (χ0n) is 11.3. The van der Waals surface area contributed by atoms with Gasteiger partial charge in [-0.1, -0.05) is 0 Å². The van der Waals surface area contributed by atoms with Gasteiger partial charge in [0.05, 0.1) is 17.2 Å². The number of thiazole rings is 1. The molecule has 114 valence electrons. The number of nitrogens with two attached hydrogens (primary N) is 1. The highest BCUT2D eigenvalue weighted by Crippen LogP contribution is 2.28. The molecule has 0 fully saturated rings. The maximum Gasteiger partial charge on any atom is 0.246 e. The number of sulfonamides is 1. The molecule has 0 bridgehead atoms. The second-order valence-corrected chi connectivity index (χ2v) is 8.35. The van der Waals surface area contributed by atoms with Crippen molar-refractivity contribution >= 4 is 43.0 Å². The summed E-state index contributed by atoms with van der Waals surface area (Å²) < 4.78 is 40.1. The third-order valence-corrected chi connectivity index (χ3v) is 6.12. The fraction of sp³-hybridized carbons (Fsp3) is 0.250. The normalized spacial score (nSPS) is 12.0. The SMILES string of the molecule is Cc1nc(CN(C)S(=O)(=O)c2cc(N)c(Br)cc2F)cs1. The Morgan fingerprint density at radius 1 is 1.48 bits per heavy atom. The molecular formula is C12H13BrFN3O2S2. The topological polar surface area (TPSA) is 76.3 Å². The molecule has 2 aromatic rings. The van der Waals surface area contributed by atoms with Crippen molar-refractivity contribution in [3.8, 4) is 0 Å². The van der Waals surface area contributed by atoms with E-state index in [1.807, 2.05) is 6.92 Å². The molecule has 2 rings (SSSR count). The number of anilines is 1. The zero-order valence-corrected chi connectivity index (χ0v) is 14.5. The third-order valence-electron chi connectivity index (χ3n) is 2.79. The number of halogens is 2. The number of aryl methyl sites for hydroxylation is 1. The summed E-state index contributed by atoms with van der Waals surface area (Å²) in [7, 11) is -2.60. The van der Waals surface area contributed by atoms with Crippen molar-refractivity contribution in [2.24, 2.45) is 0 Å². The fourth-order valence-electron chi connectivity index (χ4n) is 1.70. The molecule has 5 nitrogen and oxygen atoms in total. The summed E-state index contributed by atoms with van der Waals surface area (Å²) in [4.78, 5) is 3.75. The van der Waals surface area contributed by atoms with E-state index in [0.29, 0.717) is 10.2 Å². The van der Waals surface area contributed by atoms with E-state index < -0.39 is 20.7 Å². The number of rotatable bonds is 4. The lowest BCUT2D eigenvalue weighted by molar-refractivity contribution is 0.456. The van der Waals surface area contributed by atoms with Gasteiger partial charge < -0.3 is 5.73 Å². The Bertz CT molecular complexity index is 777. The minimum atomic E-state index is -3.98. The quantitative estimate of drug-likeness (QED) is 0.810. The number of benzene rings is 1. The summed E-state index contributed by atoms with van der Waals surface area (Å²) in [5.41, 5.74) is 6.41. The summed E-state index contributed by atoms with van der Waals surface area (Å²) in [5.74, 6) is -0.850. The van der Waals surface area contributed by atoms with Gasteiger partial charge in [0, 0.05) is 22.6 Å². The van der Waals surface area contributed by atoms with Crippen LogP contribution in [0.5, 0.6) is 0 Å². The summed E-state index contributed by atoms with van der Waals surface area (Å²) in [6.07, 6.45) is 0. The smallest absolute Gasteiger partial charge is 0.246 e. The first kappa shape index (κ1) is 16.3. The lowest BCUT2D eigenvalue weighted by atomic mass is 10.3. The highest BCUT2D eigenvalue weighted by atomic mass is 79.9. The van der Waals surface area contributed by atoms with Gasteiger partial charge in [0.1, 0.15) is 10.7 Å². The fourth-order valence-corrected chi connectivity index (χ4v) is 3.84. The summed E-state index contributed by atoms with van der Waals surface area (Å²) in [6, 6.07) is 2.15. The predicted octanol–water partition coefficient (Wildman–Crippen LogP) is 2.76. The number of nitrogen functional groups attached to an aromatic ring is 1. The van der Waals surface area contributed by atoms with Crippen LogP contribution in [0.1, 0.15) is 10.7 Å². The number of hydrogen-bond acceptors (Lipinski definition) is 5. The van der Waals surface area contributed by atoms with Crippen molar-refractivity contribution in [1.82, 2.24) is 9.29 Å². The van der Waals surface area contributed by atoms with Crippen LogP contribution in [0.4, 0.5) is 10.1 Å². The van der Waals surface area contributed by atoms with Crippen molar-refractivity contribution < 1.29 is 12.8 Å². The van der Waals surface area contributed by atoms with Crippen LogP contribution in [0.25, 0.3) is 0 Å². The summed E-state index contributed by atoms with van der Waals surface area (Å²) >= 11 is 4.49. The van der Waals surface area contributed by atoms with Gasteiger partial charge in [-0.15, -0.1) is 11.3 Å². The molecule has 0 radical (unpaired) electrons. The predicted molar refractivity (Wildman–Crippen MR) is 84.0 cm³/mol. The minimum absolute atomic E-state index is 0.0715. The van der Waals surface area contributed by atoms with Crippen LogP contribution in [-0.4, -0.2) is 24.8 Å². The Kier molecular flexibility index (Phi) is 4.66. The largest absolute Gasteiger partial charge is 0.398 e. The van der Waals surface area contributed by atoms with E-state index in [-0.39, 0.29) is 12.2 Å². The van der Waals surface area contributed by atoms with Gasteiger partial charge in [0.15, 0.2) is 0 Å². The summed E-state index contributed by atoms with van der Waals surface area (Å²) in [6.45, 7) is 1.90. The molecule has 1 aromatic heterocycles. The molecule has 0 unspecified atom stereocenters. The standard InChI is InChI=1S/C12H13BrFN3O2S2/c1-7-16-8(6-20-7)5-17(2)21(18,19)12-4-11(15)9(13)3-10(12)14/h3-4,6H,5,15H2,1-2H3. The molecule has 2 N–H and O–H groups in total. The van der Waals surface area contributed by atoms with E-state index in [2.05, 4.69) is 20.9 Å². The Hall–Kier alpha value is -1.03. The molecule has 21 heavy (non-hydrogen) atoms. The molecule has 0 amide bonds. The van der Waals surface area contributed by atoms with Crippen LogP contribution in [0.2, 0.25) is 0 Å². The lowest BCUT2D eigenvalue weighted by Gasteiger charge is -2.17. The molecule has 0 aliphatic carbocycles. The Labute approximate surface area is 134 Å². The van der Waals surface area contributed by atoms with Crippen molar-refractivity contribution in [2.75, 3.05) is 12.8 Å². The van der Waals surface area contributed by atoms with Gasteiger partial charge >= 0.3 is 0 Å². The van der Waals surface area contributed by atoms with Gasteiger partial charge in [-0.05, 0) is 35.0 Å². The Morgan fingerprint density at radius 2 is 2.14 bits per heavy atom.